The fourth-order valence-electron chi connectivity index (χ4n) is 2.09. The first kappa shape index (κ1) is 20.9. The van der Waals surface area contributed by atoms with E-state index >= 15 is 0 Å². The van der Waals surface area contributed by atoms with Crippen LogP contribution in [0.2, 0.25) is 0 Å². The SMILES string of the molecule is O=C(O)CCn1ccc(C(=O)NCCNC(=O)Cn2ccc(C(F)(F)F)n2)n1. The quantitative estimate of drug-likeness (QED) is 0.511. The highest BCUT2D eigenvalue weighted by atomic mass is 19.4. The Hall–Kier alpha value is -3.38. The van der Waals surface area contributed by atoms with Crippen molar-refractivity contribution in [3.63, 3.8) is 0 Å². The van der Waals surface area contributed by atoms with Crippen LogP contribution in [0.3, 0.4) is 0 Å². The van der Waals surface area contributed by atoms with Crippen LogP contribution in [0.15, 0.2) is 24.5 Å². The molecule has 0 aliphatic heterocycles. The monoisotopic (exact) mass is 402 g/mol. The predicted molar refractivity (Wildman–Crippen MR) is 87.1 cm³/mol. The van der Waals surface area contributed by atoms with E-state index in [1.165, 1.54) is 16.9 Å². The zero-order valence-electron chi connectivity index (χ0n) is 14.4. The number of nitrogens with zero attached hydrogens (tertiary/aromatic N) is 4. The van der Waals surface area contributed by atoms with Gasteiger partial charge in [-0.05, 0) is 12.1 Å². The molecule has 0 bridgehead atoms. The molecule has 0 saturated carbocycles. The normalized spacial score (nSPS) is 11.2. The Morgan fingerprint density at radius 2 is 1.71 bits per heavy atom. The van der Waals surface area contributed by atoms with Crippen molar-refractivity contribution in [2.75, 3.05) is 13.1 Å². The van der Waals surface area contributed by atoms with E-state index in [1.807, 2.05) is 0 Å². The van der Waals surface area contributed by atoms with Crippen molar-refractivity contribution in [2.45, 2.75) is 25.7 Å². The van der Waals surface area contributed by atoms with Gasteiger partial charge in [0.15, 0.2) is 5.69 Å². The summed E-state index contributed by atoms with van der Waals surface area (Å²) in [5, 5.41) is 20.7. The van der Waals surface area contributed by atoms with Crippen LogP contribution in [0.25, 0.3) is 0 Å². The summed E-state index contributed by atoms with van der Waals surface area (Å²) in [4.78, 5) is 34.1. The van der Waals surface area contributed by atoms with Crippen molar-refractivity contribution in [2.24, 2.45) is 0 Å². The third-order valence-corrected chi connectivity index (χ3v) is 3.40. The van der Waals surface area contributed by atoms with Crippen LogP contribution >= 0.6 is 0 Å². The van der Waals surface area contributed by atoms with Gasteiger partial charge in [-0.3, -0.25) is 23.7 Å². The lowest BCUT2D eigenvalue weighted by Crippen LogP contribution is -2.36. The number of carbonyl (C=O) groups is 3. The molecule has 0 aromatic carbocycles. The van der Waals surface area contributed by atoms with Crippen molar-refractivity contribution in [1.82, 2.24) is 30.2 Å². The van der Waals surface area contributed by atoms with Crippen LogP contribution in [-0.4, -0.2) is 55.5 Å². The molecule has 0 aliphatic carbocycles. The molecule has 28 heavy (non-hydrogen) atoms. The predicted octanol–water partition coefficient (Wildman–Crippen LogP) is 0.119. The first-order chi connectivity index (χ1) is 13.1. The Labute approximate surface area is 156 Å². The largest absolute Gasteiger partial charge is 0.481 e. The summed E-state index contributed by atoms with van der Waals surface area (Å²) in [7, 11) is 0. The molecule has 0 saturated heterocycles. The van der Waals surface area contributed by atoms with Crippen molar-refractivity contribution in [1.29, 1.82) is 0 Å². The van der Waals surface area contributed by atoms with E-state index in [0.717, 1.165) is 16.9 Å². The Morgan fingerprint density at radius 1 is 1.04 bits per heavy atom. The van der Waals surface area contributed by atoms with Crippen LogP contribution in [0.1, 0.15) is 22.6 Å². The fourth-order valence-corrected chi connectivity index (χ4v) is 2.09. The highest BCUT2D eigenvalue weighted by molar-refractivity contribution is 5.92. The van der Waals surface area contributed by atoms with Crippen LogP contribution in [0.4, 0.5) is 13.2 Å². The van der Waals surface area contributed by atoms with E-state index < -0.39 is 36.2 Å². The van der Waals surface area contributed by atoms with Crippen molar-refractivity contribution < 1.29 is 32.7 Å². The zero-order chi connectivity index (χ0) is 20.7. The second-order valence-corrected chi connectivity index (χ2v) is 5.61. The number of carboxylic acids is 1. The van der Waals surface area contributed by atoms with Crippen molar-refractivity contribution in [3.05, 3.63) is 35.9 Å². The van der Waals surface area contributed by atoms with Crippen LogP contribution in [0, 0.1) is 0 Å². The number of rotatable bonds is 9. The van der Waals surface area contributed by atoms with Crippen LogP contribution < -0.4 is 10.6 Å². The highest BCUT2D eigenvalue weighted by Gasteiger charge is 2.33. The third-order valence-electron chi connectivity index (χ3n) is 3.40. The molecule has 13 heteroatoms. The number of aromatic nitrogens is 4. The topological polar surface area (TPSA) is 131 Å². The molecule has 0 spiro atoms. The molecule has 0 atom stereocenters. The van der Waals surface area contributed by atoms with Crippen molar-refractivity contribution in [3.8, 4) is 0 Å². The van der Waals surface area contributed by atoms with Gasteiger partial charge in [-0.1, -0.05) is 0 Å². The van der Waals surface area contributed by atoms with Gasteiger partial charge in [-0.25, -0.2) is 0 Å². The molecule has 0 fully saturated rings. The molecular weight excluding hydrogens is 385 g/mol. The summed E-state index contributed by atoms with van der Waals surface area (Å²) in [6.45, 7) is -0.142. The summed E-state index contributed by atoms with van der Waals surface area (Å²) in [6, 6.07) is 2.19. The van der Waals surface area contributed by atoms with E-state index in [2.05, 4.69) is 20.8 Å². The summed E-state index contributed by atoms with van der Waals surface area (Å²) in [6.07, 6.45) is -2.19. The average Bonchev–Trinajstić information content (AvgIpc) is 3.25. The van der Waals surface area contributed by atoms with Crippen molar-refractivity contribution >= 4 is 17.8 Å². The maximum absolute atomic E-state index is 12.4. The lowest BCUT2D eigenvalue weighted by atomic mass is 10.4. The number of aryl methyl sites for hydroxylation is 1. The van der Waals surface area contributed by atoms with Gasteiger partial charge in [-0.15, -0.1) is 0 Å². The molecule has 3 N–H and O–H groups in total. The van der Waals surface area contributed by atoms with Gasteiger partial charge in [0.2, 0.25) is 5.91 Å². The molecule has 2 aromatic heterocycles. The summed E-state index contributed by atoms with van der Waals surface area (Å²) in [5.41, 5.74) is -0.997. The molecule has 10 nitrogen and oxygen atoms in total. The van der Waals surface area contributed by atoms with E-state index in [4.69, 9.17) is 5.11 Å². The smallest absolute Gasteiger partial charge is 0.435 e. The molecule has 2 amide bonds. The Kier molecular flexibility index (Phi) is 6.74. The third kappa shape index (κ3) is 6.41. The van der Waals surface area contributed by atoms with Gasteiger partial charge >= 0.3 is 12.1 Å². The lowest BCUT2D eigenvalue weighted by Gasteiger charge is -2.07. The molecule has 2 heterocycles. The minimum atomic E-state index is -4.58. The summed E-state index contributed by atoms with van der Waals surface area (Å²) >= 11 is 0. The lowest BCUT2D eigenvalue weighted by molar-refractivity contribution is -0.142. The maximum atomic E-state index is 12.4. The van der Waals surface area contributed by atoms with E-state index in [1.54, 1.807) is 0 Å². The van der Waals surface area contributed by atoms with E-state index in [9.17, 15) is 27.6 Å². The Bertz CT molecular complexity index is 845. The second kappa shape index (κ2) is 9.01. The minimum absolute atomic E-state index is 0.0533. The van der Waals surface area contributed by atoms with Gasteiger partial charge in [0.1, 0.15) is 12.2 Å². The molecule has 2 rings (SSSR count). The van der Waals surface area contributed by atoms with Gasteiger partial charge in [0.05, 0.1) is 13.0 Å². The first-order valence-electron chi connectivity index (χ1n) is 8.06. The van der Waals surface area contributed by atoms with E-state index in [-0.39, 0.29) is 31.7 Å². The molecular formula is C15H17F3N6O4. The molecule has 152 valence electrons. The van der Waals surface area contributed by atoms with Crippen LogP contribution in [0.5, 0.6) is 0 Å². The maximum Gasteiger partial charge on any atom is 0.435 e. The molecule has 0 radical (unpaired) electrons. The minimum Gasteiger partial charge on any atom is -0.481 e. The van der Waals surface area contributed by atoms with E-state index in [0.29, 0.717) is 0 Å². The standard InChI is InChI=1S/C15H17F3N6O4/c16-15(17,18)11-2-7-24(22-11)9-12(25)19-4-5-20-14(28)10-1-6-23(21-10)8-3-13(26)27/h1-2,6-7H,3-5,8-9H2,(H,19,25)(H,20,28)(H,26,27). The summed E-state index contributed by atoms with van der Waals surface area (Å²) < 4.78 is 39.5. The number of hydrogen-bond acceptors (Lipinski definition) is 5. The van der Waals surface area contributed by atoms with Gasteiger partial charge in [-0.2, -0.15) is 23.4 Å². The van der Waals surface area contributed by atoms with Gasteiger partial charge in [0, 0.05) is 25.5 Å². The highest BCUT2D eigenvalue weighted by Crippen LogP contribution is 2.27. The fraction of sp³-hybridized carbons (Fsp3) is 0.400. The average molecular weight is 402 g/mol. The number of aliphatic carboxylic acids is 1. The van der Waals surface area contributed by atoms with Gasteiger partial charge in [0.25, 0.3) is 5.91 Å². The number of nitrogens with one attached hydrogen (secondary N) is 2. The number of amides is 2. The zero-order valence-corrected chi connectivity index (χ0v) is 14.4. The molecule has 0 aliphatic rings. The second-order valence-electron chi connectivity index (χ2n) is 5.61. The van der Waals surface area contributed by atoms with Crippen LogP contribution in [-0.2, 0) is 28.9 Å². The number of alkyl halides is 3. The number of carbonyl (C=O) groups excluding carboxylic acids is 2. The number of halogens is 3. The number of hydrogen-bond donors (Lipinski definition) is 3. The Balaban J connectivity index is 1.69. The summed E-state index contributed by atoms with van der Waals surface area (Å²) in [5.74, 6) is -2.06. The van der Waals surface area contributed by atoms with Gasteiger partial charge < -0.3 is 15.7 Å². The molecule has 0 unspecified atom stereocenters. The Morgan fingerprint density at radius 3 is 2.36 bits per heavy atom. The number of carboxylic acid groups (broad SMARTS) is 1. The first-order valence-corrected chi connectivity index (χ1v) is 8.06. The molecule has 2 aromatic rings.